The molecule has 106 valence electrons. The molecule has 0 aromatic heterocycles. The maximum Gasteiger partial charge on any atom is 0.242 e. The van der Waals surface area contributed by atoms with Crippen molar-refractivity contribution in [2.45, 2.75) is 23.1 Å². The van der Waals surface area contributed by atoms with Gasteiger partial charge in [0.05, 0.1) is 9.72 Å². The Bertz CT molecular complexity index is 558. The van der Waals surface area contributed by atoms with Crippen molar-refractivity contribution in [1.82, 2.24) is 4.31 Å². The van der Waals surface area contributed by atoms with Gasteiger partial charge in [-0.25, -0.2) is 12.7 Å². The second kappa shape index (κ2) is 6.49. The number of anilines is 1. The lowest BCUT2D eigenvalue weighted by atomic mass is 10.3. The van der Waals surface area contributed by atoms with E-state index in [1.54, 1.807) is 12.1 Å². The zero-order valence-electron chi connectivity index (χ0n) is 11.1. The van der Waals surface area contributed by atoms with E-state index in [1.165, 1.54) is 26.2 Å². The summed E-state index contributed by atoms with van der Waals surface area (Å²) >= 11 is 3.24. The number of hydrogen-bond donors (Lipinski definition) is 1. The van der Waals surface area contributed by atoms with Gasteiger partial charge in [0.2, 0.25) is 15.9 Å². The molecule has 0 radical (unpaired) electrons. The van der Waals surface area contributed by atoms with Gasteiger partial charge in [0, 0.05) is 19.8 Å². The van der Waals surface area contributed by atoms with Crippen molar-refractivity contribution in [2.24, 2.45) is 0 Å². The molecule has 1 amide bonds. The molecule has 1 aromatic rings. The highest BCUT2D eigenvalue weighted by atomic mass is 79.9. The van der Waals surface area contributed by atoms with E-state index in [1.807, 2.05) is 6.92 Å². The first-order valence-electron chi connectivity index (χ1n) is 5.76. The number of carbonyl (C=O) groups is 1. The second-order valence-corrected chi connectivity index (χ2v) is 7.44. The molecule has 0 fully saturated rings. The van der Waals surface area contributed by atoms with Gasteiger partial charge in [-0.05, 0) is 24.6 Å². The molecule has 1 rings (SSSR count). The molecule has 0 aliphatic rings. The Balaban J connectivity index is 2.99. The van der Waals surface area contributed by atoms with Crippen molar-refractivity contribution in [3.63, 3.8) is 0 Å². The minimum Gasteiger partial charge on any atom is -0.325 e. The van der Waals surface area contributed by atoms with Crippen molar-refractivity contribution in [3.05, 3.63) is 24.3 Å². The fourth-order valence-corrected chi connectivity index (χ4v) is 2.41. The molecule has 0 spiro atoms. The fraction of sp³-hybridized carbons (Fsp3) is 0.417. The largest absolute Gasteiger partial charge is 0.325 e. The molecule has 0 aliphatic heterocycles. The summed E-state index contributed by atoms with van der Waals surface area (Å²) < 4.78 is 25.1. The van der Waals surface area contributed by atoms with Crippen molar-refractivity contribution >= 4 is 37.5 Å². The topological polar surface area (TPSA) is 66.5 Å². The Kier molecular flexibility index (Phi) is 5.51. The molecule has 1 unspecified atom stereocenters. The smallest absolute Gasteiger partial charge is 0.242 e. The van der Waals surface area contributed by atoms with Gasteiger partial charge in [-0.2, -0.15) is 0 Å². The summed E-state index contributed by atoms with van der Waals surface area (Å²) in [5.74, 6) is -0.193. The molecule has 0 saturated heterocycles. The van der Waals surface area contributed by atoms with E-state index in [4.69, 9.17) is 0 Å². The summed E-state index contributed by atoms with van der Waals surface area (Å²) in [7, 11) is -0.562. The first-order valence-corrected chi connectivity index (χ1v) is 8.12. The van der Waals surface area contributed by atoms with Crippen LogP contribution in [0.2, 0.25) is 0 Å². The Morgan fingerprint density at radius 3 is 2.58 bits per heavy atom. The third-order valence-corrected chi connectivity index (χ3v) is 5.40. The van der Waals surface area contributed by atoms with Crippen LogP contribution < -0.4 is 5.32 Å². The molecule has 0 aliphatic carbocycles. The van der Waals surface area contributed by atoms with E-state index in [0.29, 0.717) is 12.1 Å². The first-order chi connectivity index (χ1) is 8.78. The molecule has 19 heavy (non-hydrogen) atoms. The van der Waals surface area contributed by atoms with Crippen molar-refractivity contribution in [3.8, 4) is 0 Å². The van der Waals surface area contributed by atoms with Crippen LogP contribution in [0.25, 0.3) is 0 Å². The van der Waals surface area contributed by atoms with E-state index < -0.39 is 10.0 Å². The van der Waals surface area contributed by atoms with Crippen LogP contribution in [-0.4, -0.2) is 37.6 Å². The van der Waals surface area contributed by atoms with E-state index >= 15 is 0 Å². The van der Waals surface area contributed by atoms with Crippen molar-refractivity contribution in [1.29, 1.82) is 0 Å². The lowest BCUT2D eigenvalue weighted by Crippen LogP contribution is -2.24. The number of nitrogens with one attached hydrogen (secondary N) is 1. The highest BCUT2D eigenvalue weighted by Crippen LogP contribution is 2.19. The molecule has 0 heterocycles. The van der Waals surface area contributed by atoms with Crippen molar-refractivity contribution < 1.29 is 13.2 Å². The maximum atomic E-state index is 12.0. The van der Waals surface area contributed by atoms with Crippen LogP contribution in [0, 0.1) is 0 Å². The molecular weight excluding hydrogens is 332 g/mol. The lowest BCUT2D eigenvalue weighted by molar-refractivity contribution is -0.115. The number of halogens is 1. The zero-order chi connectivity index (χ0) is 14.6. The second-order valence-electron chi connectivity index (χ2n) is 4.18. The highest BCUT2D eigenvalue weighted by molar-refractivity contribution is 9.10. The van der Waals surface area contributed by atoms with Crippen LogP contribution in [0.3, 0.4) is 0 Å². The molecule has 1 N–H and O–H groups in total. The standard InChI is InChI=1S/C12H17BrN2O3S/c1-4-11(13)12(16)14-9-6-5-7-10(8-9)19(17,18)15(2)3/h5-8,11H,4H2,1-3H3,(H,14,16). The third kappa shape index (κ3) is 4.02. The zero-order valence-corrected chi connectivity index (χ0v) is 13.5. The van der Waals surface area contributed by atoms with Gasteiger partial charge >= 0.3 is 0 Å². The molecule has 0 saturated carbocycles. The van der Waals surface area contributed by atoms with E-state index in [2.05, 4.69) is 21.2 Å². The average molecular weight is 349 g/mol. The maximum absolute atomic E-state index is 12.0. The summed E-state index contributed by atoms with van der Waals surface area (Å²) in [5.41, 5.74) is 0.464. The summed E-state index contributed by atoms with van der Waals surface area (Å²) in [6.07, 6.45) is 0.654. The van der Waals surface area contributed by atoms with E-state index in [-0.39, 0.29) is 15.6 Å². The molecule has 7 heteroatoms. The van der Waals surface area contributed by atoms with Gasteiger partial charge in [0.1, 0.15) is 0 Å². The summed E-state index contributed by atoms with van der Waals surface area (Å²) in [5, 5.41) is 2.68. The average Bonchev–Trinajstić information content (AvgIpc) is 2.37. The van der Waals surface area contributed by atoms with Crippen LogP contribution in [0.4, 0.5) is 5.69 Å². The highest BCUT2D eigenvalue weighted by Gasteiger charge is 2.18. The van der Waals surface area contributed by atoms with Crippen LogP contribution in [0.5, 0.6) is 0 Å². The molecule has 5 nitrogen and oxygen atoms in total. The van der Waals surface area contributed by atoms with Crippen molar-refractivity contribution in [2.75, 3.05) is 19.4 Å². The van der Waals surface area contributed by atoms with Gasteiger partial charge in [0.15, 0.2) is 0 Å². The number of rotatable bonds is 5. The van der Waals surface area contributed by atoms with E-state index in [9.17, 15) is 13.2 Å². The number of benzene rings is 1. The van der Waals surface area contributed by atoms with E-state index in [0.717, 1.165) is 4.31 Å². The minimum atomic E-state index is -3.49. The number of carbonyl (C=O) groups excluding carboxylic acids is 1. The summed E-state index contributed by atoms with van der Waals surface area (Å²) in [6.45, 7) is 1.88. The predicted molar refractivity (Wildman–Crippen MR) is 79.0 cm³/mol. The van der Waals surface area contributed by atoms with Gasteiger partial charge < -0.3 is 5.32 Å². The molecular formula is C12H17BrN2O3S. The van der Waals surface area contributed by atoms with Gasteiger partial charge in [0.25, 0.3) is 0 Å². The number of hydrogen-bond acceptors (Lipinski definition) is 3. The SMILES string of the molecule is CCC(Br)C(=O)Nc1cccc(S(=O)(=O)N(C)C)c1. The minimum absolute atomic E-state index is 0.151. The number of sulfonamides is 1. The first kappa shape index (κ1) is 16.1. The van der Waals surface area contributed by atoms with Gasteiger partial charge in [-0.1, -0.05) is 28.9 Å². The molecule has 1 atom stereocenters. The quantitative estimate of drug-likeness (QED) is 0.828. The number of amides is 1. The van der Waals surface area contributed by atoms with Crippen LogP contribution in [0.15, 0.2) is 29.2 Å². The number of alkyl halides is 1. The van der Waals surface area contributed by atoms with Crippen LogP contribution in [0.1, 0.15) is 13.3 Å². The molecule has 1 aromatic carbocycles. The van der Waals surface area contributed by atoms with Crippen LogP contribution >= 0.6 is 15.9 Å². The van der Waals surface area contributed by atoms with Crippen LogP contribution in [-0.2, 0) is 14.8 Å². The predicted octanol–water partition coefficient (Wildman–Crippen LogP) is 2.05. The Morgan fingerprint density at radius 2 is 2.05 bits per heavy atom. The third-order valence-electron chi connectivity index (χ3n) is 2.52. The normalized spacial score (nSPS) is 13.3. The Labute approximate surface area is 122 Å². The lowest BCUT2D eigenvalue weighted by Gasteiger charge is -2.13. The summed E-state index contributed by atoms with van der Waals surface area (Å²) in [6, 6.07) is 6.20. The Morgan fingerprint density at radius 1 is 1.42 bits per heavy atom. The molecule has 0 bridgehead atoms. The van der Waals surface area contributed by atoms with Gasteiger partial charge in [-0.15, -0.1) is 0 Å². The van der Waals surface area contributed by atoms with Gasteiger partial charge in [-0.3, -0.25) is 4.79 Å². The summed E-state index contributed by atoms with van der Waals surface area (Å²) in [4.78, 5) is 11.6. The Hall–Kier alpha value is -0.920. The fourth-order valence-electron chi connectivity index (χ4n) is 1.35. The monoisotopic (exact) mass is 348 g/mol. The number of nitrogens with zero attached hydrogens (tertiary/aromatic N) is 1.